The van der Waals surface area contributed by atoms with Crippen LogP contribution in [-0.4, -0.2) is 0 Å². The lowest BCUT2D eigenvalue weighted by Gasteiger charge is -2.25. The quantitative estimate of drug-likeness (QED) is 0.649. The van der Waals surface area contributed by atoms with Gasteiger partial charge in [0.2, 0.25) is 0 Å². The Bertz CT molecular complexity index is 711. The highest BCUT2D eigenvalue weighted by Crippen LogP contribution is 2.30. The van der Waals surface area contributed by atoms with Crippen molar-refractivity contribution in [3.8, 4) is 0 Å². The van der Waals surface area contributed by atoms with Gasteiger partial charge in [-0.15, -0.1) is 0 Å². The van der Waals surface area contributed by atoms with Crippen molar-refractivity contribution in [3.05, 3.63) is 78.4 Å². The number of hydrogen-bond donors (Lipinski definition) is 1. The van der Waals surface area contributed by atoms with Gasteiger partial charge in [0.1, 0.15) is 0 Å². The average Bonchev–Trinajstić information content (AvgIpc) is 2.53. The third-order valence-electron chi connectivity index (χ3n) is 3.93. The highest BCUT2D eigenvalue weighted by atomic mass is 14.9. The number of fused-ring (bicyclic) bond motifs is 1. The van der Waals surface area contributed by atoms with Gasteiger partial charge in [-0.1, -0.05) is 80.6 Å². The fourth-order valence-electron chi connectivity index (χ4n) is 2.81. The molecule has 1 N–H and O–H groups in total. The van der Waals surface area contributed by atoms with Crippen molar-refractivity contribution in [2.24, 2.45) is 5.92 Å². The molecule has 1 atom stereocenters. The minimum atomic E-state index is 0.317. The Morgan fingerprint density at radius 3 is 2.14 bits per heavy atom. The molecule has 0 fully saturated rings. The van der Waals surface area contributed by atoms with Crippen molar-refractivity contribution >= 4 is 16.5 Å². The van der Waals surface area contributed by atoms with Gasteiger partial charge >= 0.3 is 0 Å². The highest BCUT2D eigenvalue weighted by molar-refractivity contribution is 5.93. The summed E-state index contributed by atoms with van der Waals surface area (Å²) >= 11 is 0. The van der Waals surface area contributed by atoms with Crippen LogP contribution in [-0.2, 0) is 0 Å². The molecule has 106 valence electrons. The standard InChI is InChI=1S/C20H21N/c1-15(2)20(17-10-4-3-5-11-17)21-19-14-8-12-16-9-6-7-13-18(16)19/h3-15,20-21H,1-2H3. The third-order valence-corrected chi connectivity index (χ3v) is 3.93. The average molecular weight is 275 g/mol. The van der Waals surface area contributed by atoms with Crippen LogP contribution in [0.2, 0.25) is 0 Å². The van der Waals surface area contributed by atoms with Crippen molar-refractivity contribution in [2.75, 3.05) is 5.32 Å². The minimum absolute atomic E-state index is 0.317. The molecule has 0 bridgehead atoms. The van der Waals surface area contributed by atoms with Crippen molar-refractivity contribution in [1.29, 1.82) is 0 Å². The second-order valence-electron chi connectivity index (χ2n) is 5.80. The minimum Gasteiger partial charge on any atom is -0.377 e. The first-order chi connectivity index (χ1) is 10.3. The van der Waals surface area contributed by atoms with Crippen molar-refractivity contribution in [3.63, 3.8) is 0 Å². The van der Waals surface area contributed by atoms with E-state index in [4.69, 9.17) is 0 Å². The summed E-state index contributed by atoms with van der Waals surface area (Å²) in [4.78, 5) is 0. The van der Waals surface area contributed by atoms with Crippen LogP contribution in [0.25, 0.3) is 10.8 Å². The lowest BCUT2D eigenvalue weighted by Crippen LogP contribution is -2.16. The monoisotopic (exact) mass is 275 g/mol. The lowest BCUT2D eigenvalue weighted by atomic mass is 9.95. The highest BCUT2D eigenvalue weighted by Gasteiger charge is 2.16. The Morgan fingerprint density at radius 1 is 0.714 bits per heavy atom. The molecule has 0 aliphatic heterocycles. The van der Waals surface area contributed by atoms with Crippen LogP contribution >= 0.6 is 0 Å². The second-order valence-corrected chi connectivity index (χ2v) is 5.80. The van der Waals surface area contributed by atoms with E-state index in [1.54, 1.807) is 0 Å². The maximum Gasteiger partial charge on any atom is 0.0536 e. The summed E-state index contributed by atoms with van der Waals surface area (Å²) < 4.78 is 0. The SMILES string of the molecule is CC(C)C(Nc1cccc2ccccc12)c1ccccc1. The predicted molar refractivity (Wildman–Crippen MR) is 91.6 cm³/mol. The summed E-state index contributed by atoms with van der Waals surface area (Å²) in [6.07, 6.45) is 0. The fourth-order valence-corrected chi connectivity index (χ4v) is 2.81. The Kier molecular flexibility index (Phi) is 3.92. The second kappa shape index (κ2) is 6.01. The molecule has 0 saturated heterocycles. The fraction of sp³-hybridized carbons (Fsp3) is 0.200. The van der Waals surface area contributed by atoms with Crippen molar-refractivity contribution < 1.29 is 0 Å². The molecule has 0 amide bonds. The van der Waals surface area contributed by atoms with Crippen LogP contribution in [0, 0.1) is 5.92 Å². The molecular formula is C20H21N. The molecule has 0 heterocycles. The Morgan fingerprint density at radius 2 is 1.38 bits per heavy atom. The molecule has 0 aliphatic carbocycles. The van der Waals surface area contributed by atoms with Crippen LogP contribution < -0.4 is 5.32 Å². The van der Waals surface area contributed by atoms with Crippen LogP contribution in [0.5, 0.6) is 0 Å². The zero-order valence-corrected chi connectivity index (χ0v) is 12.6. The molecule has 21 heavy (non-hydrogen) atoms. The van der Waals surface area contributed by atoms with Gasteiger partial charge in [0.05, 0.1) is 6.04 Å². The summed E-state index contributed by atoms with van der Waals surface area (Å²) in [7, 11) is 0. The van der Waals surface area contributed by atoms with Gasteiger partial charge in [-0.25, -0.2) is 0 Å². The zero-order chi connectivity index (χ0) is 14.7. The molecule has 3 aromatic carbocycles. The summed E-state index contributed by atoms with van der Waals surface area (Å²) in [5, 5.41) is 6.29. The first-order valence-corrected chi connectivity index (χ1v) is 7.55. The third kappa shape index (κ3) is 2.92. The smallest absolute Gasteiger partial charge is 0.0536 e. The summed E-state index contributed by atoms with van der Waals surface area (Å²) in [6, 6.07) is 26.0. The molecule has 0 aromatic heterocycles. The van der Waals surface area contributed by atoms with Gasteiger partial charge in [-0.2, -0.15) is 0 Å². The van der Waals surface area contributed by atoms with Crippen LogP contribution in [0.3, 0.4) is 0 Å². The number of benzene rings is 3. The molecule has 1 nitrogen and oxygen atoms in total. The summed E-state index contributed by atoms with van der Waals surface area (Å²) in [5.74, 6) is 0.520. The molecule has 1 unspecified atom stereocenters. The summed E-state index contributed by atoms with van der Waals surface area (Å²) in [5.41, 5.74) is 2.54. The Labute approximate surface area is 126 Å². The Hall–Kier alpha value is -2.28. The largest absolute Gasteiger partial charge is 0.377 e. The lowest BCUT2D eigenvalue weighted by molar-refractivity contribution is 0.547. The Balaban J connectivity index is 1.99. The maximum absolute atomic E-state index is 3.74. The van der Waals surface area contributed by atoms with E-state index in [1.807, 2.05) is 0 Å². The van der Waals surface area contributed by atoms with Gasteiger partial charge in [0, 0.05) is 11.1 Å². The maximum atomic E-state index is 3.74. The number of rotatable bonds is 4. The molecule has 0 radical (unpaired) electrons. The van der Waals surface area contributed by atoms with Gasteiger partial charge in [-0.05, 0) is 22.9 Å². The molecule has 1 heteroatoms. The van der Waals surface area contributed by atoms with Crippen molar-refractivity contribution in [1.82, 2.24) is 0 Å². The summed E-state index contributed by atoms with van der Waals surface area (Å²) in [6.45, 7) is 4.52. The van der Waals surface area contributed by atoms with E-state index in [9.17, 15) is 0 Å². The first-order valence-electron chi connectivity index (χ1n) is 7.55. The predicted octanol–water partition coefficient (Wildman–Crippen LogP) is 5.65. The van der Waals surface area contributed by atoms with Crippen LogP contribution in [0.15, 0.2) is 72.8 Å². The van der Waals surface area contributed by atoms with E-state index in [0.717, 1.165) is 0 Å². The topological polar surface area (TPSA) is 12.0 Å². The molecule has 0 spiro atoms. The molecular weight excluding hydrogens is 254 g/mol. The molecule has 0 saturated carbocycles. The van der Waals surface area contributed by atoms with E-state index in [2.05, 4.69) is 92.0 Å². The van der Waals surface area contributed by atoms with Gasteiger partial charge in [0.15, 0.2) is 0 Å². The van der Waals surface area contributed by atoms with Gasteiger partial charge in [0.25, 0.3) is 0 Å². The molecule has 0 aliphatic rings. The van der Waals surface area contributed by atoms with E-state index in [0.29, 0.717) is 12.0 Å². The van der Waals surface area contributed by atoms with E-state index >= 15 is 0 Å². The number of nitrogens with one attached hydrogen (secondary N) is 1. The van der Waals surface area contributed by atoms with Crippen LogP contribution in [0.1, 0.15) is 25.5 Å². The number of anilines is 1. The van der Waals surface area contributed by atoms with Crippen molar-refractivity contribution in [2.45, 2.75) is 19.9 Å². The van der Waals surface area contributed by atoms with Gasteiger partial charge in [-0.3, -0.25) is 0 Å². The normalized spacial score (nSPS) is 12.5. The van der Waals surface area contributed by atoms with Gasteiger partial charge < -0.3 is 5.32 Å². The van der Waals surface area contributed by atoms with E-state index in [1.165, 1.54) is 22.0 Å². The zero-order valence-electron chi connectivity index (χ0n) is 12.6. The first kappa shape index (κ1) is 13.7. The number of hydrogen-bond acceptors (Lipinski definition) is 1. The van der Waals surface area contributed by atoms with Crippen LogP contribution in [0.4, 0.5) is 5.69 Å². The molecule has 3 rings (SSSR count). The van der Waals surface area contributed by atoms with E-state index < -0.39 is 0 Å². The molecule has 3 aromatic rings. The van der Waals surface area contributed by atoms with E-state index in [-0.39, 0.29) is 0 Å².